The van der Waals surface area contributed by atoms with Crippen molar-refractivity contribution < 1.29 is 27.5 Å². The Balaban J connectivity index is 1.63. The Morgan fingerprint density at radius 1 is 0.912 bits per heavy atom. The van der Waals surface area contributed by atoms with Crippen LogP contribution in [0.1, 0.15) is 52.6 Å². The van der Waals surface area contributed by atoms with Gasteiger partial charge in [0.05, 0.1) is 10.5 Å². The van der Waals surface area contributed by atoms with Crippen LogP contribution in [0.2, 0.25) is 0 Å². The van der Waals surface area contributed by atoms with Crippen LogP contribution in [0, 0.1) is 0 Å². The van der Waals surface area contributed by atoms with E-state index in [2.05, 4.69) is 0 Å². The first-order valence-corrected chi connectivity index (χ1v) is 12.8. The number of sulfonamides is 1. The molecule has 0 atom stereocenters. The summed E-state index contributed by atoms with van der Waals surface area (Å²) in [6.45, 7) is 6.15. The quantitative estimate of drug-likeness (QED) is 0.420. The number of carbonyl (C=O) groups is 3. The number of hydrogen-bond donors (Lipinski definition) is 0. The van der Waals surface area contributed by atoms with Gasteiger partial charge in [-0.2, -0.15) is 4.31 Å². The van der Waals surface area contributed by atoms with Crippen molar-refractivity contribution in [3.05, 3.63) is 64.7 Å². The van der Waals surface area contributed by atoms with Gasteiger partial charge in [0.15, 0.2) is 6.61 Å². The van der Waals surface area contributed by atoms with E-state index in [1.54, 1.807) is 4.90 Å². The number of aryl methyl sites for hydroxylation is 2. The summed E-state index contributed by atoms with van der Waals surface area (Å²) >= 11 is 0. The van der Waals surface area contributed by atoms with E-state index in [1.807, 2.05) is 32.0 Å². The fourth-order valence-electron chi connectivity index (χ4n) is 3.86. The molecular weight excluding hydrogens is 456 g/mol. The van der Waals surface area contributed by atoms with Crippen LogP contribution >= 0.6 is 0 Å². The molecule has 1 fully saturated rings. The molecule has 34 heavy (non-hydrogen) atoms. The molecule has 0 N–H and O–H groups in total. The van der Waals surface area contributed by atoms with Crippen molar-refractivity contribution >= 4 is 27.7 Å². The normalized spacial score (nSPS) is 14.6. The molecule has 1 heterocycles. The van der Waals surface area contributed by atoms with Crippen LogP contribution in [-0.4, -0.2) is 68.1 Å². The van der Waals surface area contributed by atoms with Crippen molar-refractivity contribution in [2.75, 3.05) is 32.8 Å². The number of nitrogens with zero attached hydrogens (tertiary/aromatic N) is 2. The van der Waals surface area contributed by atoms with Crippen LogP contribution in [-0.2, 0) is 32.4 Å². The summed E-state index contributed by atoms with van der Waals surface area (Å²) in [6, 6.07) is 11.2. The fraction of sp³-hybridized carbons (Fsp3) is 0.400. The molecule has 2 aromatic rings. The molecule has 3 rings (SSSR count). The first-order valence-electron chi connectivity index (χ1n) is 11.3. The van der Waals surface area contributed by atoms with Crippen molar-refractivity contribution in [2.24, 2.45) is 0 Å². The average Bonchev–Trinajstić information content (AvgIpc) is 2.86. The highest BCUT2D eigenvalue weighted by Crippen LogP contribution is 2.19. The maximum Gasteiger partial charge on any atom is 0.338 e. The number of esters is 1. The molecule has 8 nitrogen and oxygen atoms in total. The van der Waals surface area contributed by atoms with E-state index in [1.165, 1.54) is 35.5 Å². The first kappa shape index (κ1) is 25.6. The van der Waals surface area contributed by atoms with Gasteiger partial charge < -0.3 is 9.64 Å². The van der Waals surface area contributed by atoms with Crippen LogP contribution in [0.15, 0.2) is 47.4 Å². The Bertz CT molecular complexity index is 1170. The molecule has 9 heteroatoms. The zero-order chi connectivity index (χ0) is 24.9. The number of ether oxygens (including phenoxy) is 1. The van der Waals surface area contributed by atoms with Gasteiger partial charge in [-0.15, -0.1) is 0 Å². The summed E-state index contributed by atoms with van der Waals surface area (Å²) in [5, 5.41) is 0. The lowest BCUT2D eigenvalue weighted by Crippen LogP contribution is -2.49. The number of amides is 1. The van der Waals surface area contributed by atoms with Gasteiger partial charge in [0.2, 0.25) is 21.7 Å². The topological polar surface area (TPSA) is 101 Å². The SMILES string of the molecule is CCc1ccc(CC)c(C(=O)COC(=O)c2ccc(S(=O)(=O)N3CCN(C(C)=O)CC3)cc2)c1. The Labute approximate surface area is 200 Å². The minimum absolute atomic E-state index is 0.0559. The number of rotatable bonds is 8. The lowest BCUT2D eigenvalue weighted by Gasteiger charge is -2.33. The van der Waals surface area contributed by atoms with Crippen molar-refractivity contribution in [1.29, 1.82) is 0 Å². The number of Topliss-reactive ketones (excluding diaryl/α,β-unsaturated/α-hetero) is 1. The zero-order valence-corrected chi connectivity index (χ0v) is 20.6. The third-order valence-electron chi connectivity index (χ3n) is 6.01. The smallest absolute Gasteiger partial charge is 0.338 e. The van der Waals surface area contributed by atoms with E-state index >= 15 is 0 Å². The molecular formula is C25H30N2O6S. The Kier molecular flexibility index (Phi) is 8.22. The second kappa shape index (κ2) is 10.9. The lowest BCUT2D eigenvalue weighted by molar-refractivity contribution is -0.129. The van der Waals surface area contributed by atoms with Crippen LogP contribution in [0.5, 0.6) is 0 Å². The number of benzene rings is 2. The summed E-state index contributed by atoms with van der Waals surface area (Å²) in [7, 11) is -3.74. The zero-order valence-electron chi connectivity index (χ0n) is 19.7. The minimum atomic E-state index is -3.74. The molecule has 0 aromatic heterocycles. The summed E-state index contributed by atoms with van der Waals surface area (Å²) in [6.07, 6.45) is 1.49. The number of ketones is 1. The van der Waals surface area contributed by atoms with Gasteiger partial charge in [0, 0.05) is 38.7 Å². The van der Waals surface area contributed by atoms with Crippen LogP contribution in [0.3, 0.4) is 0 Å². The fourth-order valence-corrected chi connectivity index (χ4v) is 5.28. The summed E-state index contributed by atoms with van der Waals surface area (Å²) < 4.78 is 32.3. The predicted molar refractivity (Wildman–Crippen MR) is 127 cm³/mol. The van der Waals surface area contributed by atoms with E-state index in [-0.39, 0.29) is 41.8 Å². The van der Waals surface area contributed by atoms with Gasteiger partial charge in [0.25, 0.3) is 0 Å². The third-order valence-corrected chi connectivity index (χ3v) is 7.92. The highest BCUT2D eigenvalue weighted by Gasteiger charge is 2.29. The highest BCUT2D eigenvalue weighted by atomic mass is 32.2. The van der Waals surface area contributed by atoms with Gasteiger partial charge >= 0.3 is 5.97 Å². The molecule has 0 radical (unpaired) electrons. The molecule has 1 amide bonds. The number of hydrogen-bond acceptors (Lipinski definition) is 6. The summed E-state index contributed by atoms with van der Waals surface area (Å²) in [4.78, 5) is 38.2. The molecule has 182 valence electrons. The predicted octanol–water partition coefficient (Wildman–Crippen LogP) is 2.70. The van der Waals surface area contributed by atoms with E-state index in [0.29, 0.717) is 25.1 Å². The molecule has 1 aliphatic rings. The minimum Gasteiger partial charge on any atom is -0.454 e. The maximum atomic E-state index is 12.9. The average molecular weight is 487 g/mol. The van der Waals surface area contributed by atoms with E-state index in [9.17, 15) is 22.8 Å². The summed E-state index contributed by atoms with van der Waals surface area (Å²) in [5.74, 6) is -1.05. The molecule has 0 saturated carbocycles. The lowest BCUT2D eigenvalue weighted by atomic mass is 9.98. The van der Waals surface area contributed by atoms with Crippen molar-refractivity contribution in [3.8, 4) is 0 Å². The van der Waals surface area contributed by atoms with Gasteiger partial charge in [0.1, 0.15) is 0 Å². The molecule has 2 aromatic carbocycles. The molecule has 0 bridgehead atoms. The van der Waals surface area contributed by atoms with E-state index in [4.69, 9.17) is 4.74 Å². The standard InChI is InChI=1S/C25H30N2O6S/c1-4-19-6-7-20(5-2)23(16-19)24(29)17-33-25(30)21-8-10-22(11-9-21)34(31,32)27-14-12-26(13-15-27)18(3)28/h6-11,16H,4-5,12-15,17H2,1-3H3. The van der Waals surface area contributed by atoms with E-state index < -0.39 is 16.0 Å². The molecule has 0 spiro atoms. The largest absolute Gasteiger partial charge is 0.454 e. The van der Waals surface area contributed by atoms with Gasteiger partial charge in [-0.25, -0.2) is 13.2 Å². The molecule has 1 saturated heterocycles. The van der Waals surface area contributed by atoms with Crippen LogP contribution in [0.25, 0.3) is 0 Å². The van der Waals surface area contributed by atoms with Gasteiger partial charge in [-0.05, 0) is 54.3 Å². The number of piperazine rings is 1. The molecule has 0 aliphatic carbocycles. The third kappa shape index (κ3) is 5.71. The van der Waals surface area contributed by atoms with Crippen molar-refractivity contribution in [3.63, 3.8) is 0 Å². The molecule has 1 aliphatic heterocycles. The second-order valence-corrected chi connectivity index (χ2v) is 10.1. The Morgan fingerprint density at radius 2 is 1.56 bits per heavy atom. The maximum absolute atomic E-state index is 12.9. The monoisotopic (exact) mass is 486 g/mol. The van der Waals surface area contributed by atoms with E-state index in [0.717, 1.165) is 17.5 Å². The van der Waals surface area contributed by atoms with Gasteiger partial charge in [-0.3, -0.25) is 9.59 Å². The second-order valence-electron chi connectivity index (χ2n) is 8.13. The van der Waals surface area contributed by atoms with Gasteiger partial charge in [-0.1, -0.05) is 26.0 Å². The summed E-state index contributed by atoms with van der Waals surface area (Å²) in [5.41, 5.74) is 2.65. The Hall–Kier alpha value is -3.04. The van der Waals surface area contributed by atoms with Crippen LogP contribution in [0.4, 0.5) is 0 Å². The van der Waals surface area contributed by atoms with Crippen molar-refractivity contribution in [2.45, 2.75) is 38.5 Å². The number of carbonyl (C=O) groups excluding carboxylic acids is 3. The first-order chi connectivity index (χ1) is 16.2. The molecule has 0 unspecified atom stereocenters. The van der Waals surface area contributed by atoms with Crippen LogP contribution < -0.4 is 0 Å². The highest BCUT2D eigenvalue weighted by molar-refractivity contribution is 7.89. The van der Waals surface area contributed by atoms with Crippen molar-refractivity contribution in [1.82, 2.24) is 9.21 Å². The Morgan fingerprint density at radius 3 is 2.12 bits per heavy atom.